The van der Waals surface area contributed by atoms with Gasteiger partial charge >= 0.3 is 0 Å². The number of ether oxygens (including phenoxy) is 2. The average Bonchev–Trinajstić information content (AvgIpc) is 3.21. The Hall–Kier alpha value is -2.57. The first-order chi connectivity index (χ1) is 11.5. The lowest BCUT2D eigenvalue weighted by Gasteiger charge is -2.18. The molecule has 3 rings (SSSR count). The van der Waals surface area contributed by atoms with Gasteiger partial charge in [0.15, 0.2) is 5.82 Å². The van der Waals surface area contributed by atoms with Crippen LogP contribution in [0.2, 0.25) is 0 Å². The van der Waals surface area contributed by atoms with E-state index in [1.807, 2.05) is 26.0 Å². The molecular weight excluding hydrogens is 310 g/mol. The third kappa shape index (κ3) is 3.06. The summed E-state index contributed by atoms with van der Waals surface area (Å²) in [5, 5.41) is 3.98. The van der Waals surface area contributed by atoms with E-state index in [1.54, 1.807) is 25.2 Å². The monoisotopic (exact) mass is 331 g/mol. The summed E-state index contributed by atoms with van der Waals surface area (Å²) in [5.74, 6) is 2.57. The zero-order valence-corrected chi connectivity index (χ0v) is 14.3. The minimum atomic E-state index is -0.102. The molecule has 1 aliphatic rings. The smallest absolute Gasteiger partial charge is 0.232 e. The summed E-state index contributed by atoms with van der Waals surface area (Å²) in [6.45, 7) is 4.50. The van der Waals surface area contributed by atoms with E-state index in [9.17, 15) is 4.79 Å². The minimum absolute atomic E-state index is 0.0135. The van der Waals surface area contributed by atoms with Gasteiger partial charge in [-0.1, -0.05) is 19.0 Å². The molecule has 2 aromatic rings. The van der Waals surface area contributed by atoms with E-state index in [0.29, 0.717) is 36.2 Å². The zero-order valence-electron chi connectivity index (χ0n) is 14.3. The summed E-state index contributed by atoms with van der Waals surface area (Å²) in [4.78, 5) is 18.6. The molecule has 128 valence electrons. The molecule has 1 aliphatic heterocycles. The third-order valence-electron chi connectivity index (χ3n) is 4.10. The van der Waals surface area contributed by atoms with Crippen LogP contribution in [0, 0.1) is 0 Å². The Kier molecular flexibility index (Phi) is 4.42. The lowest BCUT2D eigenvalue weighted by molar-refractivity contribution is -0.117. The molecule has 7 heteroatoms. The fourth-order valence-corrected chi connectivity index (χ4v) is 2.72. The lowest BCUT2D eigenvalue weighted by atomic mass is 10.1. The molecule has 1 amide bonds. The Morgan fingerprint density at radius 1 is 1.21 bits per heavy atom. The van der Waals surface area contributed by atoms with Gasteiger partial charge in [0, 0.05) is 37.1 Å². The first-order valence-electron chi connectivity index (χ1n) is 7.88. The van der Waals surface area contributed by atoms with Crippen LogP contribution in [-0.2, 0) is 4.79 Å². The summed E-state index contributed by atoms with van der Waals surface area (Å²) in [6, 6.07) is 5.40. The van der Waals surface area contributed by atoms with Crippen LogP contribution >= 0.6 is 0 Å². The Bertz CT molecular complexity index is 719. The van der Waals surface area contributed by atoms with Gasteiger partial charge in [-0.2, -0.15) is 4.98 Å². The number of carbonyl (C=O) groups is 1. The van der Waals surface area contributed by atoms with Gasteiger partial charge in [0.05, 0.1) is 25.8 Å². The Balaban J connectivity index is 1.84. The standard InChI is InChI=1S/C17H21N3O4/c1-10(2)16-18-17(24-19-16)11-5-15(21)20(9-11)12-6-13(22-3)8-14(7-12)23-4/h6-8,10-11H,5,9H2,1-4H3. The normalized spacial score (nSPS) is 17.6. The lowest BCUT2D eigenvalue weighted by Crippen LogP contribution is -2.24. The van der Waals surface area contributed by atoms with Gasteiger partial charge in [-0.3, -0.25) is 4.79 Å². The molecule has 1 fully saturated rings. The number of hydrogen-bond acceptors (Lipinski definition) is 6. The molecule has 0 bridgehead atoms. The van der Waals surface area contributed by atoms with Crippen molar-refractivity contribution in [2.24, 2.45) is 0 Å². The predicted molar refractivity (Wildman–Crippen MR) is 87.6 cm³/mol. The highest BCUT2D eigenvalue weighted by Crippen LogP contribution is 2.35. The first-order valence-corrected chi connectivity index (χ1v) is 7.88. The van der Waals surface area contributed by atoms with Gasteiger partial charge in [-0.25, -0.2) is 0 Å². The van der Waals surface area contributed by atoms with Crippen LogP contribution in [0.25, 0.3) is 0 Å². The molecule has 1 saturated heterocycles. The molecule has 0 N–H and O–H groups in total. The Labute approximate surface area is 140 Å². The first kappa shape index (κ1) is 16.3. The van der Waals surface area contributed by atoms with Crippen LogP contribution in [0.15, 0.2) is 22.7 Å². The number of rotatable bonds is 5. The molecule has 0 aliphatic carbocycles. The molecule has 24 heavy (non-hydrogen) atoms. The van der Waals surface area contributed by atoms with Crippen LogP contribution in [0.1, 0.15) is 43.8 Å². The summed E-state index contributed by atoms with van der Waals surface area (Å²) in [6.07, 6.45) is 0.346. The van der Waals surface area contributed by atoms with E-state index in [-0.39, 0.29) is 17.7 Å². The number of anilines is 1. The summed E-state index contributed by atoms with van der Waals surface area (Å²) in [5.41, 5.74) is 0.738. The molecule has 1 aromatic heterocycles. The maximum Gasteiger partial charge on any atom is 0.232 e. The Morgan fingerprint density at radius 2 is 1.88 bits per heavy atom. The molecule has 1 aromatic carbocycles. The highest BCUT2D eigenvalue weighted by Gasteiger charge is 2.35. The van der Waals surface area contributed by atoms with Crippen molar-refractivity contribution in [2.45, 2.75) is 32.1 Å². The van der Waals surface area contributed by atoms with Crippen LogP contribution in [0.3, 0.4) is 0 Å². The second kappa shape index (κ2) is 6.51. The molecule has 1 atom stereocenters. The largest absolute Gasteiger partial charge is 0.497 e. The molecular formula is C17H21N3O4. The van der Waals surface area contributed by atoms with Gasteiger partial charge in [-0.05, 0) is 0 Å². The zero-order chi connectivity index (χ0) is 17.3. The van der Waals surface area contributed by atoms with Crippen molar-refractivity contribution in [3.05, 3.63) is 29.9 Å². The van der Waals surface area contributed by atoms with Crippen molar-refractivity contribution in [3.8, 4) is 11.5 Å². The fourth-order valence-electron chi connectivity index (χ4n) is 2.72. The van der Waals surface area contributed by atoms with Gasteiger partial charge in [0.25, 0.3) is 0 Å². The maximum absolute atomic E-state index is 12.5. The Morgan fingerprint density at radius 3 is 2.42 bits per heavy atom. The van der Waals surface area contributed by atoms with Gasteiger partial charge in [0.1, 0.15) is 11.5 Å². The number of amides is 1. The minimum Gasteiger partial charge on any atom is -0.497 e. The highest BCUT2D eigenvalue weighted by molar-refractivity contribution is 5.96. The van der Waals surface area contributed by atoms with E-state index < -0.39 is 0 Å². The molecule has 0 spiro atoms. The fraction of sp³-hybridized carbons (Fsp3) is 0.471. The number of nitrogens with zero attached hydrogens (tertiary/aromatic N) is 3. The number of aromatic nitrogens is 2. The van der Waals surface area contributed by atoms with E-state index in [0.717, 1.165) is 5.69 Å². The van der Waals surface area contributed by atoms with Crippen LogP contribution in [-0.4, -0.2) is 36.8 Å². The number of methoxy groups -OCH3 is 2. The van der Waals surface area contributed by atoms with E-state index in [2.05, 4.69) is 10.1 Å². The van der Waals surface area contributed by atoms with Gasteiger partial charge < -0.3 is 18.9 Å². The van der Waals surface area contributed by atoms with Crippen molar-refractivity contribution in [2.75, 3.05) is 25.7 Å². The van der Waals surface area contributed by atoms with Crippen LogP contribution in [0.4, 0.5) is 5.69 Å². The highest BCUT2D eigenvalue weighted by atomic mass is 16.5. The molecule has 2 heterocycles. The molecule has 0 radical (unpaired) electrons. The van der Waals surface area contributed by atoms with E-state index >= 15 is 0 Å². The predicted octanol–water partition coefficient (Wildman–Crippen LogP) is 2.73. The molecule has 7 nitrogen and oxygen atoms in total. The number of hydrogen-bond donors (Lipinski definition) is 0. The number of benzene rings is 1. The van der Waals surface area contributed by atoms with E-state index in [1.165, 1.54) is 0 Å². The summed E-state index contributed by atoms with van der Waals surface area (Å²) < 4.78 is 15.9. The second-order valence-corrected chi connectivity index (χ2v) is 6.12. The number of carbonyl (C=O) groups excluding carboxylic acids is 1. The molecule has 0 saturated carbocycles. The van der Waals surface area contributed by atoms with Crippen molar-refractivity contribution in [3.63, 3.8) is 0 Å². The van der Waals surface area contributed by atoms with Gasteiger partial charge in [-0.15, -0.1) is 0 Å². The van der Waals surface area contributed by atoms with Crippen molar-refractivity contribution in [1.82, 2.24) is 10.1 Å². The topological polar surface area (TPSA) is 77.7 Å². The summed E-state index contributed by atoms with van der Waals surface area (Å²) >= 11 is 0. The van der Waals surface area contributed by atoms with Crippen LogP contribution in [0.5, 0.6) is 11.5 Å². The summed E-state index contributed by atoms with van der Waals surface area (Å²) in [7, 11) is 3.16. The van der Waals surface area contributed by atoms with Crippen molar-refractivity contribution >= 4 is 11.6 Å². The van der Waals surface area contributed by atoms with Crippen LogP contribution < -0.4 is 14.4 Å². The van der Waals surface area contributed by atoms with Crippen molar-refractivity contribution < 1.29 is 18.8 Å². The second-order valence-electron chi connectivity index (χ2n) is 6.12. The maximum atomic E-state index is 12.5. The van der Waals surface area contributed by atoms with Gasteiger partial charge in [0.2, 0.25) is 11.8 Å². The third-order valence-corrected chi connectivity index (χ3v) is 4.10. The SMILES string of the molecule is COc1cc(OC)cc(N2CC(c3nc(C(C)C)no3)CC2=O)c1. The van der Waals surface area contributed by atoms with Crippen molar-refractivity contribution in [1.29, 1.82) is 0 Å². The average molecular weight is 331 g/mol. The molecule has 1 unspecified atom stereocenters. The quantitative estimate of drug-likeness (QED) is 0.838. The van der Waals surface area contributed by atoms with E-state index in [4.69, 9.17) is 14.0 Å².